The average Bonchev–Trinajstić information content (AvgIpc) is 2.69. The highest BCUT2D eigenvalue weighted by Gasteiger charge is 2.44. The molecule has 2 aliphatic rings. The highest BCUT2D eigenvalue weighted by Crippen LogP contribution is 2.45. The van der Waals surface area contributed by atoms with Crippen molar-refractivity contribution in [2.45, 2.75) is 30.9 Å². The summed E-state index contributed by atoms with van der Waals surface area (Å²) >= 11 is 3.49. The Morgan fingerprint density at radius 2 is 1.93 bits per heavy atom. The van der Waals surface area contributed by atoms with Gasteiger partial charge in [0.15, 0.2) is 0 Å². The number of ether oxygens (including phenoxy) is 1. The number of amides is 2. The molecule has 0 bridgehead atoms. The van der Waals surface area contributed by atoms with Crippen molar-refractivity contribution in [2.24, 2.45) is 0 Å². The van der Waals surface area contributed by atoms with Crippen LogP contribution in [-0.4, -0.2) is 40.7 Å². The summed E-state index contributed by atoms with van der Waals surface area (Å²) in [7, 11) is 0. The van der Waals surface area contributed by atoms with Crippen LogP contribution < -0.4 is 15.8 Å². The lowest BCUT2D eigenvalue weighted by molar-refractivity contribution is -0.0205. The monoisotopic (exact) mass is 459 g/mol. The van der Waals surface area contributed by atoms with Crippen molar-refractivity contribution in [3.05, 3.63) is 58.1 Å². The Balaban J connectivity index is 1.62. The summed E-state index contributed by atoms with van der Waals surface area (Å²) < 4.78 is 7.27. The zero-order chi connectivity index (χ0) is 20.6. The number of carboxylic acid groups (broad SMARTS) is 1. The average molecular weight is 460 g/mol. The molecule has 4 rings (SSSR count). The van der Waals surface area contributed by atoms with E-state index >= 15 is 0 Å². The van der Waals surface area contributed by atoms with Crippen LogP contribution in [0.25, 0.3) is 0 Å². The summed E-state index contributed by atoms with van der Waals surface area (Å²) in [5.41, 5.74) is 7.22. The van der Waals surface area contributed by atoms with Gasteiger partial charge in [0.2, 0.25) is 0 Å². The van der Waals surface area contributed by atoms with Gasteiger partial charge in [0.1, 0.15) is 11.4 Å². The molecular formula is C21H22BrN3O4. The topological polar surface area (TPSA) is 105 Å². The number of likely N-dealkylation sites (tertiary alicyclic amines) is 1. The Kier molecular flexibility index (Phi) is 5.12. The minimum Gasteiger partial charge on any atom is -0.487 e. The smallest absolute Gasteiger partial charge is 0.407 e. The van der Waals surface area contributed by atoms with Gasteiger partial charge >= 0.3 is 6.09 Å². The van der Waals surface area contributed by atoms with Crippen molar-refractivity contribution in [2.75, 3.05) is 18.8 Å². The first-order valence-electron chi connectivity index (χ1n) is 9.49. The molecule has 0 saturated carbocycles. The Labute approximate surface area is 177 Å². The van der Waals surface area contributed by atoms with Crippen LogP contribution in [0.15, 0.2) is 46.9 Å². The van der Waals surface area contributed by atoms with Crippen LogP contribution in [0.3, 0.4) is 0 Å². The number of carbonyl (C=O) groups is 2. The lowest BCUT2D eigenvalue weighted by Gasteiger charge is -2.46. The van der Waals surface area contributed by atoms with Gasteiger partial charge in [-0.05, 0) is 30.3 Å². The van der Waals surface area contributed by atoms with E-state index in [-0.39, 0.29) is 11.9 Å². The molecule has 2 heterocycles. The lowest BCUT2D eigenvalue weighted by Crippen LogP contribution is -2.53. The molecule has 2 aliphatic heterocycles. The van der Waals surface area contributed by atoms with E-state index in [9.17, 15) is 14.7 Å². The van der Waals surface area contributed by atoms with E-state index in [1.807, 2.05) is 18.2 Å². The second-order valence-electron chi connectivity index (χ2n) is 7.55. The SMILES string of the molecule is Nc1ccccc1C(=O)NC1CC2(CCN(C(=O)O)CC2)Oc2ccc(Br)cc21. The molecule has 29 heavy (non-hydrogen) atoms. The lowest BCUT2D eigenvalue weighted by atomic mass is 9.80. The normalized spacial score (nSPS) is 19.9. The zero-order valence-electron chi connectivity index (χ0n) is 15.7. The molecule has 1 spiro atoms. The Hall–Kier alpha value is -2.74. The van der Waals surface area contributed by atoms with E-state index in [0.717, 1.165) is 15.8 Å². The molecule has 2 aromatic rings. The minimum atomic E-state index is -0.913. The number of rotatable bonds is 2. The summed E-state index contributed by atoms with van der Waals surface area (Å²) in [5, 5.41) is 12.4. The van der Waals surface area contributed by atoms with E-state index < -0.39 is 11.7 Å². The molecule has 0 aliphatic carbocycles. The summed E-state index contributed by atoms with van der Waals surface area (Å²) in [6, 6.07) is 12.5. The number of carbonyl (C=O) groups excluding carboxylic acids is 1. The maximum atomic E-state index is 12.9. The molecule has 0 aromatic heterocycles. The number of nitrogens with two attached hydrogens (primary N) is 1. The molecule has 2 amide bonds. The number of piperidine rings is 1. The van der Waals surface area contributed by atoms with Gasteiger partial charge in [0, 0.05) is 48.1 Å². The molecule has 1 saturated heterocycles. The number of nitrogens with zero attached hydrogens (tertiary/aromatic N) is 1. The number of hydrogen-bond acceptors (Lipinski definition) is 4. The van der Waals surface area contributed by atoms with Crippen molar-refractivity contribution in [1.29, 1.82) is 0 Å². The van der Waals surface area contributed by atoms with Gasteiger partial charge in [-0.3, -0.25) is 4.79 Å². The van der Waals surface area contributed by atoms with Crippen molar-refractivity contribution in [1.82, 2.24) is 10.2 Å². The molecule has 4 N–H and O–H groups in total. The Bertz CT molecular complexity index is 957. The van der Waals surface area contributed by atoms with Crippen molar-refractivity contribution >= 4 is 33.6 Å². The molecule has 2 aromatic carbocycles. The Morgan fingerprint density at radius 1 is 1.21 bits per heavy atom. The molecular weight excluding hydrogens is 438 g/mol. The first-order valence-corrected chi connectivity index (χ1v) is 10.3. The molecule has 1 atom stereocenters. The number of fused-ring (bicyclic) bond motifs is 1. The summed E-state index contributed by atoms with van der Waals surface area (Å²) in [6.45, 7) is 0.820. The van der Waals surface area contributed by atoms with Crippen molar-refractivity contribution < 1.29 is 19.4 Å². The highest BCUT2D eigenvalue weighted by molar-refractivity contribution is 9.10. The van der Waals surface area contributed by atoms with Crippen molar-refractivity contribution in [3.8, 4) is 5.75 Å². The number of nitrogens with one attached hydrogen (secondary N) is 1. The van der Waals surface area contributed by atoms with Gasteiger partial charge in [0.25, 0.3) is 5.91 Å². The van der Waals surface area contributed by atoms with Crippen LogP contribution in [0, 0.1) is 0 Å². The Morgan fingerprint density at radius 3 is 2.62 bits per heavy atom. The number of nitrogen functional groups attached to an aromatic ring is 1. The summed E-state index contributed by atoms with van der Waals surface area (Å²) in [5.74, 6) is 0.480. The van der Waals surface area contributed by atoms with Crippen LogP contribution in [0.2, 0.25) is 0 Å². The second-order valence-corrected chi connectivity index (χ2v) is 8.47. The molecule has 152 valence electrons. The van der Waals surface area contributed by atoms with E-state index in [1.54, 1.807) is 24.3 Å². The number of para-hydroxylation sites is 1. The minimum absolute atomic E-state index is 0.237. The third kappa shape index (κ3) is 3.89. The fourth-order valence-electron chi connectivity index (χ4n) is 4.12. The second kappa shape index (κ2) is 7.59. The fraction of sp³-hybridized carbons (Fsp3) is 0.333. The van der Waals surface area contributed by atoms with E-state index in [2.05, 4.69) is 21.2 Å². The first kappa shape index (κ1) is 19.6. The maximum Gasteiger partial charge on any atom is 0.407 e. The zero-order valence-corrected chi connectivity index (χ0v) is 17.3. The molecule has 7 nitrogen and oxygen atoms in total. The third-order valence-electron chi connectivity index (χ3n) is 5.71. The number of halogens is 1. The maximum absolute atomic E-state index is 12.9. The first-order chi connectivity index (χ1) is 13.9. The van der Waals surface area contributed by atoms with Gasteiger partial charge in [0.05, 0.1) is 11.6 Å². The van der Waals surface area contributed by atoms with E-state index in [0.29, 0.717) is 43.6 Å². The largest absolute Gasteiger partial charge is 0.487 e. The van der Waals surface area contributed by atoms with Crippen LogP contribution in [0.4, 0.5) is 10.5 Å². The number of hydrogen-bond donors (Lipinski definition) is 3. The van der Waals surface area contributed by atoms with Gasteiger partial charge in [-0.1, -0.05) is 28.1 Å². The quantitative estimate of drug-likeness (QED) is 0.592. The fourth-order valence-corrected chi connectivity index (χ4v) is 4.50. The van der Waals surface area contributed by atoms with Crippen LogP contribution in [0.1, 0.15) is 41.2 Å². The van der Waals surface area contributed by atoms with Gasteiger partial charge in [-0.2, -0.15) is 0 Å². The standard InChI is InChI=1S/C21H22BrN3O4/c22-13-5-6-18-15(11-13)17(24-19(26)14-3-1-2-4-16(14)23)12-21(29-18)7-9-25(10-8-21)20(27)28/h1-6,11,17H,7-10,12,23H2,(H,24,26)(H,27,28). The van der Waals surface area contributed by atoms with Gasteiger partial charge in [-0.15, -0.1) is 0 Å². The van der Waals surface area contributed by atoms with Crippen LogP contribution in [0.5, 0.6) is 5.75 Å². The summed E-state index contributed by atoms with van der Waals surface area (Å²) in [6.07, 6.45) is 0.815. The predicted molar refractivity (Wildman–Crippen MR) is 112 cm³/mol. The molecule has 0 radical (unpaired) electrons. The number of anilines is 1. The third-order valence-corrected chi connectivity index (χ3v) is 6.20. The number of benzene rings is 2. The van der Waals surface area contributed by atoms with E-state index in [1.165, 1.54) is 4.90 Å². The highest BCUT2D eigenvalue weighted by atomic mass is 79.9. The van der Waals surface area contributed by atoms with Gasteiger partial charge in [-0.25, -0.2) is 4.79 Å². The molecule has 8 heteroatoms. The summed E-state index contributed by atoms with van der Waals surface area (Å²) in [4.78, 5) is 25.6. The van der Waals surface area contributed by atoms with Crippen LogP contribution in [-0.2, 0) is 0 Å². The van der Waals surface area contributed by atoms with Gasteiger partial charge < -0.3 is 25.8 Å². The molecule has 1 unspecified atom stereocenters. The van der Waals surface area contributed by atoms with E-state index in [4.69, 9.17) is 10.5 Å². The van der Waals surface area contributed by atoms with Crippen molar-refractivity contribution in [3.63, 3.8) is 0 Å². The molecule has 1 fully saturated rings. The van der Waals surface area contributed by atoms with Crippen LogP contribution >= 0.6 is 15.9 Å². The predicted octanol–water partition coefficient (Wildman–Crippen LogP) is 3.80.